The van der Waals surface area contributed by atoms with Crippen LogP contribution in [0.1, 0.15) is 5.56 Å². The molecule has 1 heterocycles. The molecule has 1 aromatic carbocycles. The Morgan fingerprint density at radius 1 is 1.64 bits per heavy atom. The SMILES string of the molecule is O=C(O)C1(Cc2cccc(Cl)c2)CO1. The smallest absolute Gasteiger partial charge is 0.338 e. The maximum absolute atomic E-state index is 10.8. The van der Waals surface area contributed by atoms with Gasteiger partial charge in [0.2, 0.25) is 0 Å². The molecule has 14 heavy (non-hydrogen) atoms. The van der Waals surface area contributed by atoms with Gasteiger partial charge in [0.1, 0.15) is 0 Å². The van der Waals surface area contributed by atoms with E-state index in [0.717, 1.165) is 5.56 Å². The van der Waals surface area contributed by atoms with E-state index >= 15 is 0 Å². The Bertz CT molecular complexity index is 371. The van der Waals surface area contributed by atoms with Crippen LogP contribution in [0.5, 0.6) is 0 Å². The molecule has 1 aliphatic heterocycles. The standard InChI is InChI=1S/C10H9ClO3/c11-8-3-1-2-7(4-8)5-10(6-14-10)9(12)13/h1-4H,5-6H2,(H,12,13). The second-order valence-electron chi connectivity index (χ2n) is 3.39. The molecule has 0 aromatic heterocycles. The van der Waals surface area contributed by atoms with Crippen LogP contribution in [0.4, 0.5) is 0 Å². The van der Waals surface area contributed by atoms with Crippen molar-refractivity contribution in [2.24, 2.45) is 0 Å². The van der Waals surface area contributed by atoms with E-state index in [1.165, 1.54) is 0 Å². The molecule has 0 saturated carbocycles. The van der Waals surface area contributed by atoms with Gasteiger partial charge in [0.05, 0.1) is 6.61 Å². The maximum Gasteiger partial charge on any atom is 0.338 e. The van der Waals surface area contributed by atoms with Crippen LogP contribution in [-0.2, 0) is 16.0 Å². The molecule has 1 aliphatic rings. The molecule has 3 nitrogen and oxygen atoms in total. The Hall–Kier alpha value is -1.06. The molecule has 1 N–H and O–H groups in total. The Morgan fingerprint density at radius 3 is 2.86 bits per heavy atom. The molecule has 2 rings (SSSR count). The molecule has 0 bridgehead atoms. The van der Waals surface area contributed by atoms with Crippen LogP contribution in [0.2, 0.25) is 5.02 Å². The highest BCUT2D eigenvalue weighted by molar-refractivity contribution is 6.30. The minimum absolute atomic E-state index is 0.287. The summed E-state index contributed by atoms with van der Waals surface area (Å²) in [5.41, 5.74) is -0.109. The first-order valence-electron chi connectivity index (χ1n) is 4.24. The number of hydrogen-bond donors (Lipinski definition) is 1. The van der Waals surface area contributed by atoms with Crippen LogP contribution in [0.15, 0.2) is 24.3 Å². The zero-order valence-electron chi connectivity index (χ0n) is 7.37. The number of carbonyl (C=O) groups is 1. The van der Waals surface area contributed by atoms with Gasteiger partial charge in [-0.2, -0.15) is 0 Å². The molecule has 1 atom stereocenters. The third-order valence-electron chi connectivity index (χ3n) is 2.26. The molecule has 0 aliphatic carbocycles. The lowest BCUT2D eigenvalue weighted by atomic mass is 10.0. The summed E-state index contributed by atoms with van der Waals surface area (Å²) >= 11 is 5.79. The van der Waals surface area contributed by atoms with Gasteiger partial charge < -0.3 is 9.84 Å². The van der Waals surface area contributed by atoms with Gasteiger partial charge in [-0.1, -0.05) is 23.7 Å². The second kappa shape index (κ2) is 3.26. The van der Waals surface area contributed by atoms with Crippen LogP contribution < -0.4 is 0 Å². The number of ether oxygens (including phenoxy) is 1. The molecule has 1 fully saturated rings. The van der Waals surface area contributed by atoms with Crippen molar-refractivity contribution in [1.82, 2.24) is 0 Å². The van der Waals surface area contributed by atoms with Crippen LogP contribution in [0, 0.1) is 0 Å². The third-order valence-corrected chi connectivity index (χ3v) is 2.50. The van der Waals surface area contributed by atoms with E-state index in [4.69, 9.17) is 21.4 Å². The number of epoxide rings is 1. The molecule has 0 spiro atoms. The number of benzene rings is 1. The summed E-state index contributed by atoms with van der Waals surface area (Å²) in [7, 11) is 0. The van der Waals surface area contributed by atoms with Gasteiger partial charge in [0, 0.05) is 11.4 Å². The minimum atomic E-state index is -0.995. The van der Waals surface area contributed by atoms with Gasteiger partial charge in [-0.25, -0.2) is 4.79 Å². The lowest BCUT2D eigenvalue weighted by Crippen LogP contribution is -2.26. The molecule has 0 radical (unpaired) electrons. The zero-order chi connectivity index (χ0) is 10.2. The van der Waals surface area contributed by atoms with Crippen molar-refractivity contribution in [3.05, 3.63) is 34.9 Å². The molecule has 1 aromatic rings. The number of carboxylic acid groups (broad SMARTS) is 1. The van der Waals surface area contributed by atoms with E-state index in [-0.39, 0.29) is 6.61 Å². The molecule has 4 heteroatoms. The van der Waals surface area contributed by atoms with Crippen molar-refractivity contribution in [2.45, 2.75) is 12.0 Å². The predicted molar refractivity (Wildman–Crippen MR) is 51.5 cm³/mol. The minimum Gasteiger partial charge on any atom is -0.479 e. The Morgan fingerprint density at radius 2 is 2.36 bits per heavy atom. The maximum atomic E-state index is 10.8. The van der Waals surface area contributed by atoms with E-state index in [0.29, 0.717) is 11.4 Å². The van der Waals surface area contributed by atoms with Crippen molar-refractivity contribution in [3.8, 4) is 0 Å². The van der Waals surface area contributed by atoms with Crippen molar-refractivity contribution in [2.75, 3.05) is 6.61 Å². The summed E-state index contributed by atoms with van der Waals surface area (Å²) in [6, 6.07) is 7.16. The fourth-order valence-electron chi connectivity index (χ4n) is 1.36. The Balaban J connectivity index is 2.15. The van der Waals surface area contributed by atoms with Gasteiger partial charge in [-0.05, 0) is 17.7 Å². The summed E-state index contributed by atoms with van der Waals surface area (Å²) in [6.07, 6.45) is 0.378. The van der Waals surface area contributed by atoms with E-state index in [1.54, 1.807) is 18.2 Å². The van der Waals surface area contributed by atoms with E-state index in [1.807, 2.05) is 6.07 Å². The van der Waals surface area contributed by atoms with Crippen molar-refractivity contribution in [3.63, 3.8) is 0 Å². The topological polar surface area (TPSA) is 49.8 Å². The quantitative estimate of drug-likeness (QED) is 0.777. The third kappa shape index (κ3) is 1.74. The fraction of sp³-hybridized carbons (Fsp3) is 0.300. The first kappa shape index (κ1) is 9.49. The summed E-state index contributed by atoms with van der Waals surface area (Å²) in [6.45, 7) is 0.287. The van der Waals surface area contributed by atoms with E-state index < -0.39 is 11.6 Å². The number of halogens is 1. The van der Waals surface area contributed by atoms with E-state index in [9.17, 15) is 4.79 Å². The number of rotatable bonds is 3. The highest BCUT2D eigenvalue weighted by Crippen LogP contribution is 2.31. The molecular weight excluding hydrogens is 204 g/mol. The Kier molecular flexibility index (Phi) is 2.21. The average Bonchev–Trinajstić information content (AvgIpc) is 2.85. The number of hydrogen-bond acceptors (Lipinski definition) is 2. The molecule has 74 valence electrons. The predicted octanol–water partition coefficient (Wildman–Crippen LogP) is 1.74. The summed E-state index contributed by atoms with van der Waals surface area (Å²) in [4.78, 5) is 10.8. The fourth-order valence-corrected chi connectivity index (χ4v) is 1.58. The van der Waals surface area contributed by atoms with Crippen molar-refractivity contribution in [1.29, 1.82) is 0 Å². The lowest BCUT2D eigenvalue weighted by molar-refractivity contribution is -0.143. The number of carboxylic acids is 1. The van der Waals surface area contributed by atoms with Gasteiger partial charge in [-0.15, -0.1) is 0 Å². The summed E-state index contributed by atoms with van der Waals surface area (Å²) < 4.78 is 4.96. The van der Waals surface area contributed by atoms with Gasteiger partial charge >= 0.3 is 5.97 Å². The van der Waals surface area contributed by atoms with Crippen LogP contribution in [0.3, 0.4) is 0 Å². The zero-order valence-corrected chi connectivity index (χ0v) is 8.12. The highest BCUT2D eigenvalue weighted by Gasteiger charge is 2.52. The normalized spacial score (nSPS) is 24.6. The second-order valence-corrected chi connectivity index (χ2v) is 3.83. The van der Waals surface area contributed by atoms with Gasteiger partial charge in [0.15, 0.2) is 5.60 Å². The molecular formula is C10H9ClO3. The summed E-state index contributed by atoms with van der Waals surface area (Å²) in [5.74, 6) is -0.905. The van der Waals surface area contributed by atoms with Crippen LogP contribution in [0.25, 0.3) is 0 Å². The van der Waals surface area contributed by atoms with Gasteiger partial charge in [-0.3, -0.25) is 0 Å². The largest absolute Gasteiger partial charge is 0.479 e. The van der Waals surface area contributed by atoms with Crippen LogP contribution in [-0.4, -0.2) is 23.3 Å². The number of aliphatic carboxylic acids is 1. The van der Waals surface area contributed by atoms with E-state index in [2.05, 4.69) is 0 Å². The van der Waals surface area contributed by atoms with Crippen molar-refractivity contribution >= 4 is 17.6 Å². The summed E-state index contributed by atoms with van der Waals surface area (Å²) in [5, 5.41) is 9.49. The molecule has 0 amide bonds. The first-order valence-corrected chi connectivity index (χ1v) is 4.62. The highest BCUT2D eigenvalue weighted by atomic mass is 35.5. The molecule has 1 saturated heterocycles. The average molecular weight is 213 g/mol. The van der Waals surface area contributed by atoms with Crippen LogP contribution >= 0.6 is 11.6 Å². The lowest BCUT2D eigenvalue weighted by Gasteiger charge is -2.06. The monoisotopic (exact) mass is 212 g/mol. The van der Waals surface area contributed by atoms with Gasteiger partial charge in [0.25, 0.3) is 0 Å². The van der Waals surface area contributed by atoms with Crippen molar-refractivity contribution < 1.29 is 14.6 Å². The molecule has 1 unspecified atom stereocenters. The Labute approximate surface area is 86.3 Å². The first-order chi connectivity index (χ1) is 6.62.